The number of rotatable bonds is 9. The molecule has 0 saturated carbocycles. The number of halogens is 3. The molecule has 0 spiro atoms. The molecule has 3 aromatic carbocycles. The first kappa shape index (κ1) is 26.0. The Balaban J connectivity index is 1.81. The molecule has 3 aromatic rings. The van der Waals surface area contributed by atoms with Crippen LogP contribution in [0.4, 0.5) is 18.9 Å². The third-order valence-corrected chi connectivity index (χ3v) is 6.86. The van der Waals surface area contributed by atoms with Gasteiger partial charge in [-0.25, -0.2) is 13.8 Å². The Morgan fingerprint density at radius 3 is 2.20 bits per heavy atom. The summed E-state index contributed by atoms with van der Waals surface area (Å²) in [5, 5.41) is 4.01. The van der Waals surface area contributed by atoms with E-state index >= 15 is 0 Å². The van der Waals surface area contributed by atoms with Gasteiger partial charge in [0.05, 0.1) is 16.1 Å². The van der Waals surface area contributed by atoms with Crippen LogP contribution >= 0.6 is 0 Å². The summed E-state index contributed by atoms with van der Waals surface area (Å²) in [4.78, 5) is 12.5. The molecule has 35 heavy (non-hydrogen) atoms. The lowest BCUT2D eigenvalue weighted by molar-refractivity contribution is -0.137. The lowest BCUT2D eigenvalue weighted by Gasteiger charge is -2.24. The molecule has 6 nitrogen and oxygen atoms in total. The molecule has 10 heteroatoms. The van der Waals surface area contributed by atoms with Crippen molar-refractivity contribution in [3.8, 4) is 0 Å². The van der Waals surface area contributed by atoms with Crippen LogP contribution in [0.15, 0.2) is 94.9 Å². The number of amides is 1. The number of hydrogen-bond donors (Lipinski definition) is 1. The van der Waals surface area contributed by atoms with Gasteiger partial charge in [-0.05, 0) is 55.7 Å². The lowest BCUT2D eigenvalue weighted by atomic mass is 10.1. The van der Waals surface area contributed by atoms with Crippen LogP contribution in [-0.2, 0) is 27.4 Å². The number of carbonyl (C=O) groups is 1. The molecule has 0 aromatic heterocycles. The van der Waals surface area contributed by atoms with E-state index in [1.54, 1.807) is 13.0 Å². The van der Waals surface area contributed by atoms with E-state index in [9.17, 15) is 26.4 Å². The standard InChI is InChI=1S/C25H24F3N3O3S/c1-19(15-16-20-9-4-2-5-10-20)29-30-24(32)18-31(35(33,34)23-13-6-3-7-14-23)22-12-8-11-21(17-22)25(26,27)28/h2-14,17H,15-16,18H2,1H3,(H,30,32). The highest BCUT2D eigenvalue weighted by molar-refractivity contribution is 7.92. The lowest BCUT2D eigenvalue weighted by Crippen LogP contribution is -2.39. The number of hydrazone groups is 1. The highest BCUT2D eigenvalue weighted by Gasteiger charge is 2.33. The highest BCUT2D eigenvalue weighted by atomic mass is 32.2. The molecule has 3 rings (SSSR count). The third-order valence-electron chi connectivity index (χ3n) is 5.07. The van der Waals surface area contributed by atoms with Crippen molar-refractivity contribution < 1.29 is 26.4 Å². The van der Waals surface area contributed by atoms with Crippen LogP contribution in [0, 0.1) is 0 Å². The zero-order valence-corrected chi connectivity index (χ0v) is 19.7. The number of nitrogens with one attached hydrogen (secondary N) is 1. The average molecular weight is 504 g/mol. The number of benzene rings is 3. The van der Waals surface area contributed by atoms with Crippen LogP contribution in [0.5, 0.6) is 0 Å². The van der Waals surface area contributed by atoms with E-state index in [1.165, 1.54) is 30.3 Å². The minimum atomic E-state index is -4.68. The van der Waals surface area contributed by atoms with E-state index in [2.05, 4.69) is 10.5 Å². The summed E-state index contributed by atoms with van der Waals surface area (Å²) >= 11 is 0. The Kier molecular flexibility index (Phi) is 8.29. The molecule has 0 radical (unpaired) electrons. The Labute approximate surface area is 202 Å². The van der Waals surface area contributed by atoms with Gasteiger partial charge >= 0.3 is 6.18 Å². The molecule has 0 atom stereocenters. The second-order valence-corrected chi connectivity index (χ2v) is 9.60. The first-order chi connectivity index (χ1) is 16.6. The Morgan fingerprint density at radius 2 is 1.57 bits per heavy atom. The van der Waals surface area contributed by atoms with Crippen LogP contribution < -0.4 is 9.73 Å². The summed E-state index contributed by atoms with van der Waals surface area (Å²) < 4.78 is 66.9. The highest BCUT2D eigenvalue weighted by Crippen LogP contribution is 2.33. The van der Waals surface area contributed by atoms with E-state index in [-0.39, 0.29) is 10.6 Å². The van der Waals surface area contributed by atoms with E-state index in [1.807, 2.05) is 30.3 Å². The zero-order valence-electron chi connectivity index (χ0n) is 18.9. The quantitative estimate of drug-likeness (QED) is 0.329. The van der Waals surface area contributed by atoms with Crippen molar-refractivity contribution in [2.45, 2.75) is 30.8 Å². The van der Waals surface area contributed by atoms with Gasteiger partial charge in [-0.15, -0.1) is 0 Å². The number of sulfonamides is 1. The average Bonchev–Trinajstić information content (AvgIpc) is 2.85. The fraction of sp³-hybridized carbons (Fsp3) is 0.200. The van der Waals surface area contributed by atoms with Gasteiger partial charge in [0.15, 0.2) is 0 Å². The number of carbonyl (C=O) groups excluding carboxylic acids is 1. The molecule has 0 saturated heterocycles. The number of anilines is 1. The van der Waals surface area contributed by atoms with Gasteiger partial charge in [0, 0.05) is 5.71 Å². The molecule has 0 bridgehead atoms. The van der Waals surface area contributed by atoms with Crippen LogP contribution in [0.1, 0.15) is 24.5 Å². The van der Waals surface area contributed by atoms with Crippen LogP contribution in [0.2, 0.25) is 0 Å². The second-order valence-electron chi connectivity index (χ2n) is 7.74. The summed E-state index contributed by atoms with van der Waals surface area (Å²) in [7, 11) is -4.34. The van der Waals surface area contributed by atoms with Gasteiger partial charge in [0.25, 0.3) is 15.9 Å². The maximum atomic E-state index is 13.3. The maximum absolute atomic E-state index is 13.3. The largest absolute Gasteiger partial charge is 0.416 e. The van der Waals surface area contributed by atoms with Crippen molar-refractivity contribution in [2.24, 2.45) is 5.10 Å². The van der Waals surface area contributed by atoms with E-state index in [0.717, 1.165) is 17.7 Å². The summed E-state index contributed by atoms with van der Waals surface area (Å²) in [6.45, 7) is 0.961. The number of alkyl halides is 3. The smallest absolute Gasteiger partial charge is 0.271 e. The van der Waals surface area contributed by atoms with Crippen molar-refractivity contribution in [3.63, 3.8) is 0 Å². The van der Waals surface area contributed by atoms with Crippen molar-refractivity contribution in [1.29, 1.82) is 0 Å². The molecule has 0 heterocycles. The summed E-state index contributed by atoms with van der Waals surface area (Å²) in [6, 6.07) is 20.7. The van der Waals surface area contributed by atoms with Crippen LogP contribution in [0.3, 0.4) is 0 Å². The second kappa shape index (κ2) is 11.2. The fourth-order valence-corrected chi connectivity index (χ4v) is 4.66. The topological polar surface area (TPSA) is 78.8 Å². The minimum Gasteiger partial charge on any atom is -0.271 e. The van der Waals surface area contributed by atoms with Gasteiger partial charge in [-0.2, -0.15) is 18.3 Å². The molecular weight excluding hydrogens is 479 g/mol. The van der Waals surface area contributed by atoms with Crippen molar-refractivity contribution in [3.05, 3.63) is 96.1 Å². The van der Waals surface area contributed by atoms with Gasteiger partial charge in [-0.1, -0.05) is 54.6 Å². The molecule has 1 amide bonds. The van der Waals surface area contributed by atoms with Crippen molar-refractivity contribution in [2.75, 3.05) is 10.8 Å². The molecule has 0 fully saturated rings. The molecular formula is C25H24F3N3O3S. The van der Waals surface area contributed by atoms with Gasteiger partial charge < -0.3 is 0 Å². The van der Waals surface area contributed by atoms with Gasteiger partial charge in [-0.3, -0.25) is 9.10 Å². The molecule has 0 unspecified atom stereocenters. The fourth-order valence-electron chi connectivity index (χ4n) is 3.22. The number of nitrogens with zero attached hydrogens (tertiary/aromatic N) is 2. The van der Waals surface area contributed by atoms with E-state index in [4.69, 9.17) is 0 Å². The van der Waals surface area contributed by atoms with Gasteiger partial charge in [0.1, 0.15) is 6.54 Å². The summed E-state index contributed by atoms with van der Waals surface area (Å²) in [6.07, 6.45) is -3.42. The summed E-state index contributed by atoms with van der Waals surface area (Å²) in [5.74, 6) is -0.791. The number of aryl methyl sites for hydroxylation is 1. The van der Waals surface area contributed by atoms with Crippen LogP contribution in [0.25, 0.3) is 0 Å². The zero-order chi connectivity index (χ0) is 25.5. The monoisotopic (exact) mass is 503 g/mol. The molecule has 0 aliphatic heterocycles. The molecule has 0 aliphatic rings. The number of hydrogen-bond acceptors (Lipinski definition) is 4. The Hall–Kier alpha value is -3.66. The first-order valence-corrected chi connectivity index (χ1v) is 12.1. The molecule has 0 aliphatic carbocycles. The third kappa shape index (κ3) is 7.16. The van der Waals surface area contributed by atoms with Crippen molar-refractivity contribution in [1.82, 2.24) is 5.43 Å². The maximum Gasteiger partial charge on any atom is 0.416 e. The van der Waals surface area contributed by atoms with E-state index in [0.29, 0.717) is 28.9 Å². The summed E-state index contributed by atoms with van der Waals surface area (Å²) in [5.41, 5.74) is 2.70. The molecule has 184 valence electrons. The van der Waals surface area contributed by atoms with E-state index < -0.39 is 34.2 Å². The molecule has 1 N–H and O–H groups in total. The van der Waals surface area contributed by atoms with Gasteiger partial charge in [0.2, 0.25) is 0 Å². The first-order valence-electron chi connectivity index (χ1n) is 10.7. The Morgan fingerprint density at radius 1 is 0.943 bits per heavy atom. The predicted octanol–water partition coefficient (Wildman–Crippen LogP) is 5.03. The van der Waals surface area contributed by atoms with Crippen molar-refractivity contribution >= 4 is 27.3 Å². The normalized spacial score (nSPS) is 12.3. The predicted molar refractivity (Wildman–Crippen MR) is 128 cm³/mol. The Bertz CT molecular complexity index is 1280. The van der Waals surface area contributed by atoms with Crippen LogP contribution in [-0.4, -0.2) is 26.6 Å². The minimum absolute atomic E-state index is 0.159. The SMILES string of the molecule is CC(CCc1ccccc1)=NNC(=O)CN(c1cccc(C(F)(F)F)c1)S(=O)(=O)c1ccccc1.